The highest BCUT2D eigenvalue weighted by Crippen LogP contribution is 2.37. The number of ether oxygens (including phenoxy) is 3. The maximum absolute atomic E-state index is 13.5. The molecule has 2 aromatic carbocycles. The second kappa shape index (κ2) is 10.7. The fraction of sp³-hybridized carbons (Fsp3) is 0.222. The van der Waals surface area contributed by atoms with Crippen molar-refractivity contribution in [3.05, 3.63) is 72.1 Å². The first kappa shape index (κ1) is 26.0. The summed E-state index contributed by atoms with van der Waals surface area (Å²) in [6.07, 6.45) is 1.03. The Kier molecular flexibility index (Phi) is 7.11. The van der Waals surface area contributed by atoms with Crippen molar-refractivity contribution >= 4 is 29.5 Å². The van der Waals surface area contributed by atoms with Crippen LogP contribution in [0.2, 0.25) is 0 Å². The summed E-state index contributed by atoms with van der Waals surface area (Å²) in [5.41, 5.74) is 5.21. The van der Waals surface area contributed by atoms with Gasteiger partial charge in [-0.05, 0) is 55.3 Å². The second-order valence-electron chi connectivity index (χ2n) is 8.63. The normalized spacial score (nSPS) is 16.5. The molecule has 0 saturated carbocycles. The van der Waals surface area contributed by atoms with Crippen LogP contribution in [0.15, 0.2) is 66.5 Å². The highest BCUT2D eigenvalue weighted by Gasteiger charge is 2.43. The molecule has 9 nitrogen and oxygen atoms in total. The van der Waals surface area contributed by atoms with Gasteiger partial charge in [-0.2, -0.15) is 18.2 Å². The lowest BCUT2D eigenvalue weighted by atomic mass is 10.0. The summed E-state index contributed by atoms with van der Waals surface area (Å²) in [6.45, 7) is 3.65. The minimum Gasteiger partial charge on any atom is -0.463 e. The summed E-state index contributed by atoms with van der Waals surface area (Å²) in [5, 5.41) is 4.36. The predicted molar refractivity (Wildman–Crippen MR) is 138 cm³/mol. The quantitative estimate of drug-likeness (QED) is 0.304. The molecule has 1 unspecified atom stereocenters. The fourth-order valence-corrected chi connectivity index (χ4v) is 4.06. The van der Waals surface area contributed by atoms with Crippen LogP contribution in [-0.2, 0) is 9.53 Å². The van der Waals surface area contributed by atoms with Crippen LogP contribution >= 0.6 is 0 Å². The van der Waals surface area contributed by atoms with E-state index in [0.29, 0.717) is 39.6 Å². The monoisotopic (exact) mass is 539 g/mol. The number of fused-ring (bicyclic) bond motifs is 1. The molecule has 12 heteroatoms. The lowest BCUT2D eigenvalue weighted by Crippen LogP contribution is -2.45. The van der Waals surface area contributed by atoms with Gasteiger partial charge in [0.15, 0.2) is 17.3 Å². The Morgan fingerprint density at radius 3 is 2.82 bits per heavy atom. The van der Waals surface area contributed by atoms with Crippen LogP contribution in [0.1, 0.15) is 19.4 Å². The summed E-state index contributed by atoms with van der Waals surface area (Å²) in [6, 6.07) is 10.4. The summed E-state index contributed by atoms with van der Waals surface area (Å²) >= 11 is 0. The first-order valence-corrected chi connectivity index (χ1v) is 12.0. The maximum atomic E-state index is 13.5. The van der Waals surface area contributed by atoms with Crippen LogP contribution < -0.4 is 25.2 Å². The zero-order valence-electron chi connectivity index (χ0n) is 21.0. The van der Waals surface area contributed by atoms with Crippen LogP contribution in [0, 0.1) is 0 Å². The largest absolute Gasteiger partial charge is 0.463 e. The maximum Gasteiger partial charge on any atom is 0.409 e. The van der Waals surface area contributed by atoms with Crippen molar-refractivity contribution in [3.63, 3.8) is 0 Å². The fourth-order valence-electron chi connectivity index (χ4n) is 4.06. The number of hydrogen-bond donors (Lipinski definition) is 2. The molecule has 1 atom stereocenters. The van der Waals surface area contributed by atoms with E-state index < -0.39 is 18.2 Å². The lowest BCUT2D eigenvalue weighted by Gasteiger charge is -2.25. The van der Waals surface area contributed by atoms with Crippen molar-refractivity contribution in [2.75, 3.05) is 23.7 Å². The summed E-state index contributed by atoms with van der Waals surface area (Å²) in [7, 11) is 0. The van der Waals surface area contributed by atoms with E-state index in [2.05, 4.69) is 20.7 Å². The highest BCUT2D eigenvalue weighted by atomic mass is 19.4. The number of nitrogens with one attached hydrogen (secondary N) is 2. The van der Waals surface area contributed by atoms with Gasteiger partial charge in [-0.3, -0.25) is 5.01 Å². The Balaban J connectivity index is 1.51. The lowest BCUT2D eigenvalue weighted by molar-refractivity contribution is -0.143. The number of allylic oxidation sites excluding steroid dienone is 1. The standard InChI is InChI=1S/C27H24F3N5O4/c1-3-37-24(36)10-7-17-5-4-6-18(12-17)20-14-31-26(32-19-8-9-21-22(13-19)39-15-38-21)33-25(20)35-16(2)11-23(34-35)27(28,29)30/h4-14,23,34H,3,15H2,1-2H3,(H,31,32,33)/b10-7+. The van der Waals surface area contributed by atoms with E-state index in [0.717, 1.165) is 6.08 Å². The van der Waals surface area contributed by atoms with Crippen LogP contribution in [0.5, 0.6) is 11.5 Å². The van der Waals surface area contributed by atoms with Crippen LogP contribution in [0.4, 0.5) is 30.6 Å². The molecule has 2 N–H and O–H groups in total. The predicted octanol–water partition coefficient (Wildman–Crippen LogP) is 5.35. The van der Waals surface area contributed by atoms with Gasteiger partial charge >= 0.3 is 12.1 Å². The molecule has 202 valence electrons. The number of halogens is 3. The smallest absolute Gasteiger partial charge is 0.409 e. The molecule has 0 radical (unpaired) electrons. The van der Waals surface area contributed by atoms with E-state index in [1.54, 1.807) is 62.4 Å². The van der Waals surface area contributed by atoms with Crippen LogP contribution in [-0.4, -0.2) is 41.6 Å². The molecule has 39 heavy (non-hydrogen) atoms. The number of alkyl halides is 3. The number of carbonyl (C=O) groups excluding carboxylic acids is 1. The van der Waals surface area contributed by atoms with E-state index in [4.69, 9.17) is 14.2 Å². The number of rotatable bonds is 7. The first-order chi connectivity index (χ1) is 18.7. The van der Waals surface area contributed by atoms with Crippen molar-refractivity contribution in [2.24, 2.45) is 0 Å². The zero-order chi connectivity index (χ0) is 27.6. The molecule has 2 aliphatic heterocycles. The Bertz CT molecular complexity index is 1460. The number of hydrogen-bond acceptors (Lipinski definition) is 9. The number of hydrazine groups is 1. The highest BCUT2D eigenvalue weighted by molar-refractivity contribution is 5.87. The minimum atomic E-state index is -4.49. The zero-order valence-corrected chi connectivity index (χ0v) is 21.0. The first-order valence-electron chi connectivity index (χ1n) is 12.0. The summed E-state index contributed by atoms with van der Waals surface area (Å²) in [4.78, 5) is 20.7. The van der Waals surface area contributed by atoms with Gasteiger partial charge in [-0.15, -0.1) is 0 Å². The molecule has 0 aliphatic carbocycles. The van der Waals surface area contributed by atoms with Gasteiger partial charge in [-0.1, -0.05) is 18.2 Å². The van der Waals surface area contributed by atoms with Crippen molar-refractivity contribution in [1.82, 2.24) is 15.4 Å². The van der Waals surface area contributed by atoms with Crippen LogP contribution in [0.25, 0.3) is 17.2 Å². The molecule has 0 spiro atoms. The van der Waals surface area contributed by atoms with Crippen molar-refractivity contribution < 1.29 is 32.2 Å². The van der Waals surface area contributed by atoms with Gasteiger partial charge < -0.3 is 19.5 Å². The van der Waals surface area contributed by atoms with Gasteiger partial charge in [-0.25, -0.2) is 15.2 Å². The second-order valence-corrected chi connectivity index (χ2v) is 8.63. The Morgan fingerprint density at radius 1 is 1.23 bits per heavy atom. The Hall–Kier alpha value is -4.58. The van der Waals surface area contributed by atoms with Crippen molar-refractivity contribution in [1.29, 1.82) is 0 Å². The van der Waals surface area contributed by atoms with E-state index in [1.165, 1.54) is 17.3 Å². The van der Waals surface area contributed by atoms with Gasteiger partial charge in [0.25, 0.3) is 0 Å². The van der Waals surface area contributed by atoms with Gasteiger partial charge in [0.2, 0.25) is 12.7 Å². The summed E-state index contributed by atoms with van der Waals surface area (Å²) < 4.78 is 56.3. The van der Waals surface area contributed by atoms with E-state index >= 15 is 0 Å². The van der Waals surface area contributed by atoms with E-state index in [-0.39, 0.29) is 25.2 Å². The van der Waals surface area contributed by atoms with Crippen molar-refractivity contribution in [2.45, 2.75) is 26.1 Å². The molecular weight excluding hydrogens is 515 g/mol. The third kappa shape index (κ3) is 5.80. The average molecular weight is 540 g/mol. The number of benzene rings is 2. The Morgan fingerprint density at radius 2 is 2.05 bits per heavy atom. The third-order valence-electron chi connectivity index (χ3n) is 5.89. The SMILES string of the molecule is CCOC(=O)/C=C/c1cccc(-c2cnc(Nc3ccc4c(c3)OCO4)nc2N2NC(C(F)(F)F)C=C2C)c1. The van der Waals surface area contributed by atoms with E-state index in [9.17, 15) is 18.0 Å². The van der Waals surface area contributed by atoms with Crippen molar-refractivity contribution in [3.8, 4) is 22.6 Å². The number of anilines is 3. The Labute approximate surface area is 221 Å². The molecule has 0 bridgehead atoms. The number of nitrogens with zero attached hydrogens (tertiary/aromatic N) is 3. The molecule has 3 heterocycles. The molecule has 0 saturated heterocycles. The molecule has 3 aromatic rings. The van der Waals surface area contributed by atoms with Crippen LogP contribution in [0.3, 0.4) is 0 Å². The molecule has 0 amide bonds. The minimum absolute atomic E-state index is 0.120. The molecule has 1 aromatic heterocycles. The van der Waals surface area contributed by atoms with E-state index in [1.807, 2.05) is 0 Å². The van der Waals surface area contributed by atoms with Gasteiger partial charge in [0.1, 0.15) is 6.04 Å². The molecular formula is C27H24F3N5O4. The van der Waals surface area contributed by atoms with Gasteiger partial charge in [0.05, 0.1) is 6.61 Å². The molecule has 5 rings (SSSR count). The average Bonchev–Trinajstić information content (AvgIpc) is 3.54. The third-order valence-corrected chi connectivity index (χ3v) is 5.89. The summed E-state index contributed by atoms with van der Waals surface area (Å²) in [5.74, 6) is 1.05. The molecule has 0 fully saturated rings. The topological polar surface area (TPSA) is 97.8 Å². The number of carbonyl (C=O) groups is 1. The number of aromatic nitrogens is 2. The molecule has 2 aliphatic rings. The number of esters is 1. The van der Waals surface area contributed by atoms with Gasteiger partial charge in [0, 0.05) is 35.3 Å².